The summed E-state index contributed by atoms with van der Waals surface area (Å²) in [6.45, 7) is 2.10. The molecule has 0 bridgehead atoms. The summed E-state index contributed by atoms with van der Waals surface area (Å²) in [6.07, 6.45) is 2.98. The topological polar surface area (TPSA) is 26.3 Å². The SMILES string of the molecule is COC(C=O)C1(C)CCCS1. The fourth-order valence-electron chi connectivity index (χ4n) is 1.47. The predicted molar refractivity (Wildman–Crippen MR) is 47.0 cm³/mol. The summed E-state index contributed by atoms with van der Waals surface area (Å²) in [5, 5.41) is 0. The lowest BCUT2D eigenvalue weighted by molar-refractivity contribution is -0.117. The molecule has 0 spiro atoms. The minimum Gasteiger partial charge on any atom is -0.373 e. The van der Waals surface area contributed by atoms with Gasteiger partial charge in [0.25, 0.3) is 0 Å². The minimum atomic E-state index is -0.227. The molecule has 0 aromatic rings. The summed E-state index contributed by atoms with van der Waals surface area (Å²) in [5.41, 5.74) is 0. The minimum absolute atomic E-state index is 0.0382. The van der Waals surface area contributed by atoms with Gasteiger partial charge < -0.3 is 9.53 Å². The normalized spacial score (nSPS) is 33.6. The Hall–Kier alpha value is -0.0200. The van der Waals surface area contributed by atoms with Gasteiger partial charge in [-0.1, -0.05) is 0 Å². The van der Waals surface area contributed by atoms with Crippen molar-refractivity contribution in [1.82, 2.24) is 0 Å². The fraction of sp³-hybridized carbons (Fsp3) is 0.875. The van der Waals surface area contributed by atoms with Crippen molar-refractivity contribution < 1.29 is 9.53 Å². The van der Waals surface area contributed by atoms with Gasteiger partial charge in [0, 0.05) is 11.9 Å². The largest absolute Gasteiger partial charge is 0.373 e. The summed E-state index contributed by atoms with van der Waals surface area (Å²) in [4.78, 5) is 10.6. The maximum Gasteiger partial charge on any atom is 0.150 e. The lowest BCUT2D eigenvalue weighted by Crippen LogP contribution is -2.36. The third-order valence-electron chi connectivity index (χ3n) is 2.23. The van der Waals surface area contributed by atoms with Gasteiger partial charge in [-0.25, -0.2) is 0 Å². The molecule has 1 aliphatic heterocycles. The fourth-order valence-corrected chi connectivity index (χ4v) is 2.83. The van der Waals surface area contributed by atoms with E-state index in [-0.39, 0.29) is 10.9 Å². The zero-order chi connectivity index (χ0) is 8.32. The monoisotopic (exact) mass is 174 g/mol. The third kappa shape index (κ3) is 1.76. The maximum atomic E-state index is 10.6. The molecule has 2 nitrogen and oxygen atoms in total. The van der Waals surface area contributed by atoms with Gasteiger partial charge in [0.05, 0.1) is 0 Å². The molecule has 1 rings (SSSR count). The lowest BCUT2D eigenvalue weighted by atomic mass is 10.00. The molecule has 0 aliphatic carbocycles. The molecule has 64 valence electrons. The van der Waals surface area contributed by atoms with E-state index >= 15 is 0 Å². The molecule has 2 atom stereocenters. The first kappa shape index (κ1) is 9.07. The molecule has 0 amide bonds. The third-order valence-corrected chi connectivity index (χ3v) is 3.82. The molecular formula is C8H14O2S. The Labute approximate surface area is 71.7 Å². The van der Waals surface area contributed by atoms with Crippen LogP contribution in [0.25, 0.3) is 0 Å². The number of hydrogen-bond acceptors (Lipinski definition) is 3. The van der Waals surface area contributed by atoms with E-state index in [2.05, 4.69) is 6.92 Å². The first-order valence-corrected chi connectivity index (χ1v) is 4.83. The van der Waals surface area contributed by atoms with Crippen molar-refractivity contribution >= 4 is 18.0 Å². The summed E-state index contributed by atoms with van der Waals surface area (Å²) in [7, 11) is 1.60. The van der Waals surface area contributed by atoms with Crippen LogP contribution >= 0.6 is 11.8 Å². The second-order valence-electron chi connectivity index (χ2n) is 3.06. The van der Waals surface area contributed by atoms with Crippen LogP contribution in [0.4, 0.5) is 0 Å². The number of aldehydes is 1. The number of rotatable bonds is 3. The van der Waals surface area contributed by atoms with Crippen LogP contribution in [0.1, 0.15) is 19.8 Å². The van der Waals surface area contributed by atoms with E-state index < -0.39 is 0 Å². The Morgan fingerprint density at radius 3 is 2.82 bits per heavy atom. The Kier molecular flexibility index (Phi) is 2.96. The average Bonchev–Trinajstić information content (AvgIpc) is 2.39. The highest BCUT2D eigenvalue weighted by atomic mass is 32.2. The highest BCUT2D eigenvalue weighted by molar-refractivity contribution is 8.00. The molecule has 11 heavy (non-hydrogen) atoms. The number of thioether (sulfide) groups is 1. The molecule has 1 heterocycles. The van der Waals surface area contributed by atoms with Crippen molar-refractivity contribution in [2.75, 3.05) is 12.9 Å². The van der Waals surface area contributed by atoms with Crippen molar-refractivity contribution in [3.8, 4) is 0 Å². The van der Waals surface area contributed by atoms with Crippen LogP contribution in [0.15, 0.2) is 0 Å². The average molecular weight is 174 g/mol. The van der Waals surface area contributed by atoms with E-state index in [0.717, 1.165) is 18.5 Å². The molecule has 1 saturated heterocycles. The van der Waals surface area contributed by atoms with Gasteiger partial charge in [0.1, 0.15) is 12.4 Å². The molecular weight excluding hydrogens is 160 g/mol. The Balaban J connectivity index is 2.60. The van der Waals surface area contributed by atoms with E-state index in [9.17, 15) is 4.79 Å². The second-order valence-corrected chi connectivity index (χ2v) is 4.69. The Morgan fingerprint density at radius 2 is 2.45 bits per heavy atom. The molecule has 0 aromatic heterocycles. The highest BCUT2D eigenvalue weighted by Gasteiger charge is 2.37. The van der Waals surface area contributed by atoms with Gasteiger partial charge in [-0.15, -0.1) is 0 Å². The summed E-state index contributed by atoms with van der Waals surface area (Å²) >= 11 is 1.85. The smallest absolute Gasteiger partial charge is 0.150 e. The van der Waals surface area contributed by atoms with Crippen molar-refractivity contribution in [3.63, 3.8) is 0 Å². The van der Waals surface area contributed by atoms with Gasteiger partial charge >= 0.3 is 0 Å². The van der Waals surface area contributed by atoms with E-state index in [1.807, 2.05) is 11.8 Å². The molecule has 0 radical (unpaired) electrons. The van der Waals surface area contributed by atoms with Crippen molar-refractivity contribution in [2.24, 2.45) is 0 Å². The summed E-state index contributed by atoms with van der Waals surface area (Å²) in [5.74, 6) is 1.16. The number of carbonyl (C=O) groups excluding carboxylic acids is 1. The molecule has 0 saturated carbocycles. The van der Waals surface area contributed by atoms with Crippen molar-refractivity contribution in [1.29, 1.82) is 0 Å². The van der Waals surface area contributed by atoms with Crippen molar-refractivity contribution in [2.45, 2.75) is 30.6 Å². The van der Waals surface area contributed by atoms with Crippen LogP contribution in [-0.4, -0.2) is 30.0 Å². The van der Waals surface area contributed by atoms with Gasteiger partial charge in [0.2, 0.25) is 0 Å². The molecule has 3 heteroatoms. The molecule has 0 aromatic carbocycles. The molecule has 2 unspecified atom stereocenters. The van der Waals surface area contributed by atoms with E-state index in [1.54, 1.807) is 7.11 Å². The predicted octanol–water partition coefficient (Wildman–Crippen LogP) is 1.49. The van der Waals surface area contributed by atoms with Crippen molar-refractivity contribution in [3.05, 3.63) is 0 Å². The van der Waals surface area contributed by atoms with Crippen LogP contribution < -0.4 is 0 Å². The van der Waals surface area contributed by atoms with E-state index in [1.165, 1.54) is 6.42 Å². The standard InChI is InChI=1S/C8H14O2S/c1-8(4-3-5-11-8)7(6-9)10-2/h6-7H,3-5H2,1-2H3. The zero-order valence-electron chi connectivity index (χ0n) is 7.00. The summed E-state index contributed by atoms with van der Waals surface area (Å²) < 4.78 is 5.14. The van der Waals surface area contributed by atoms with Crippen LogP contribution in [-0.2, 0) is 9.53 Å². The van der Waals surface area contributed by atoms with Crippen LogP contribution in [0.5, 0.6) is 0 Å². The van der Waals surface area contributed by atoms with Crippen LogP contribution in [0.2, 0.25) is 0 Å². The lowest BCUT2D eigenvalue weighted by Gasteiger charge is -2.27. The maximum absolute atomic E-state index is 10.6. The Bertz CT molecular complexity index is 141. The van der Waals surface area contributed by atoms with Gasteiger partial charge in [-0.05, 0) is 25.5 Å². The zero-order valence-corrected chi connectivity index (χ0v) is 7.82. The van der Waals surface area contributed by atoms with E-state index in [4.69, 9.17) is 4.74 Å². The van der Waals surface area contributed by atoms with E-state index in [0.29, 0.717) is 0 Å². The highest BCUT2D eigenvalue weighted by Crippen LogP contribution is 2.40. The molecule has 1 aliphatic rings. The number of methoxy groups -OCH3 is 1. The van der Waals surface area contributed by atoms with Gasteiger partial charge in [0.15, 0.2) is 0 Å². The molecule has 0 N–H and O–H groups in total. The van der Waals surface area contributed by atoms with Gasteiger partial charge in [-0.3, -0.25) is 0 Å². The number of hydrogen-bond donors (Lipinski definition) is 0. The van der Waals surface area contributed by atoms with Crippen LogP contribution in [0, 0.1) is 0 Å². The number of ether oxygens (including phenoxy) is 1. The first-order valence-electron chi connectivity index (χ1n) is 3.85. The summed E-state index contributed by atoms with van der Waals surface area (Å²) in [6, 6.07) is 0. The number of carbonyl (C=O) groups is 1. The second kappa shape index (κ2) is 3.59. The quantitative estimate of drug-likeness (QED) is 0.606. The van der Waals surface area contributed by atoms with Crippen LogP contribution in [0.3, 0.4) is 0 Å². The first-order chi connectivity index (χ1) is 5.23. The van der Waals surface area contributed by atoms with Gasteiger partial charge in [-0.2, -0.15) is 11.8 Å². The molecule has 1 fully saturated rings. The Morgan fingerprint density at radius 1 is 1.73 bits per heavy atom.